The zero-order valence-corrected chi connectivity index (χ0v) is 17.9. The van der Waals surface area contributed by atoms with E-state index in [9.17, 15) is 19.5 Å². The van der Waals surface area contributed by atoms with Crippen molar-refractivity contribution in [2.24, 2.45) is 0 Å². The van der Waals surface area contributed by atoms with Gasteiger partial charge in [-0.3, -0.25) is 0 Å². The number of alkyl carbamates (subject to hydrolysis) is 1. The number of aromatic amines is 1. The second-order valence-corrected chi connectivity index (χ2v) is 8.09. The van der Waals surface area contributed by atoms with Crippen molar-refractivity contribution < 1.29 is 29.0 Å². The highest BCUT2D eigenvalue weighted by Crippen LogP contribution is 2.33. The van der Waals surface area contributed by atoms with Crippen LogP contribution in [0.3, 0.4) is 0 Å². The first kappa shape index (κ1) is 22.8. The van der Waals surface area contributed by atoms with Crippen LogP contribution in [0, 0.1) is 0 Å². The predicted molar refractivity (Wildman–Crippen MR) is 109 cm³/mol. The van der Waals surface area contributed by atoms with E-state index in [0.717, 1.165) is 0 Å². The summed E-state index contributed by atoms with van der Waals surface area (Å²) in [5.74, 6) is -1.97. The molecule has 0 aliphatic heterocycles. The van der Waals surface area contributed by atoms with Crippen LogP contribution in [0.5, 0.6) is 0 Å². The van der Waals surface area contributed by atoms with Gasteiger partial charge in [-0.15, -0.1) is 0 Å². The molecule has 0 fully saturated rings. The average molecular weight is 445 g/mol. The molecule has 158 valence electrons. The third-order valence-corrected chi connectivity index (χ3v) is 4.31. The van der Waals surface area contributed by atoms with Crippen LogP contribution in [-0.2, 0) is 20.7 Å². The van der Waals surface area contributed by atoms with Crippen LogP contribution in [0.25, 0.3) is 10.9 Å². The second kappa shape index (κ2) is 8.92. The summed E-state index contributed by atoms with van der Waals surface area (Å²) in [5, 5.41) is 12.9. The van der Waals surface area contributed by atoms with Gasteiger partial charge < -0.3 is 24.9 Å². The number of amides is 1. The summed E-state index contributed by atoms with van der Waals surface area (Å²) in [7, 11) is 0. The van der Waals surface area contributed by atoms with Crippen LogP contribution >= 0.6 is 23.2 Å². The summed E-state index contributed by atoms with van der Waals surface area (Å²) in [6, 6.07) is 1.67. The van der Waals surface area contributed by atoms with E-state index >= 15 is 0 Å². The van der Waals surface area contributed by atoms with Gasteiger partial charge in [0.05, 0.1) is 11.6 Å². The Kier molecular flexibility index (Phi) is 7.02. The Bertz CT molecular complexity index is 948. The molecule has 1 unspecified atom stereocenters. The first-order valence-corrected chi connectivity index (χ1v) is 9.57. The fraction of sp³-hybridized carbons (Fsp3) is 0.421. The number of carbonyl (C=O) groups is 3. The van der Waals surface area contributed by atoms with E-state index in [1.54, 1.807) is 33.8 Å². The van der Waals surface area contributed by atoms with E-state index in [0.29, 0.717) is 21.5 Å². The SMILES string of the molecule is CCOC(=O)c1[nH]c2cc(Cl)cc(Cl)c2c1CC(NC(=O)OC(C)(C)C)C(=O)O. The Morgan fingerprint density at radius 2 is 1.90 bits per heavy atom. The van der Waals surface area contributed by atoms with Crippen molar-refractivity contribution in [3.63, 3.8) is 0 Å². The van der Waals surface area contributed by atoms with Gasteiger partial charge in [0.25, 0.3) is 0 Å². The summed E-state index contributed by atoms with van der Waals surface area (Å²) in [6.07, 6.45) is -1.12. The smallest absolute Gasteiger partial charge is 0.408 e. The summed E-state index contributed by atoms with van der Waals surface area (Å²) < 4.78 is 10.2. The van der Waals surface area contributed by atoms with Gasteiger partial charge in [0.2, 0.25) is 0 Å². The van der Waals surface area contributed by atoms with Crippen molar-refractivity contribution >= 4 is 52.1 Å². The van der Waals surface area contributed by atoms with Gasteiger partial charge in [-0.2, -0.15) is 0 Å². The Hall–Kier alpha value is -2.45. The van der Waals surface area contributed by atoms with Crippen molar-refractivity contribution in [3.8, 4) is 0 Å². The van der Waals surface area contributed by atoms with E-state index in [4.69, 9.17) is 32.7 Å². The zero-order chi connectivity index (χ0) is 21.9. The standard InChI is InChI=1S/C19H22Cl2N2O6/c1-5-28-17(26)15-10(14-11(21)6-9(20)7-12(14)22-15)8-13(16(24)25)23-18(27)29-19(2,3)4/h6-7,13,22H,5,8H2,1-4H3,(H,23,27)(H,24,25). The normalized spacial score (nSPS) is 12.5. The number of fused-ring (bicyclic) bond motifs is 1. The fourth-order valence-electron chi connectivity index (χ4n) is 2.75. The fourth-order valence-corrected chi connectivity index (χ4v) is 3.36. The number of aromatic nitrogens is 1. The Labute approximate surface area is 177 Å². The number of rotatable bonds is 6. The van der Waals surface area contributed by atoms with Crippen LogP contribution in [0.4, 0.5) is 4.79 Å². The second-order valence-electron chi connectivity index (χ2n) is 7.25. The maximum atomic E-state index is 12.4. The van der Waals surface area contributed by atoms with Crippen LogP contribution in [0.2, 0.25) is 10.0 Å². The number of carboxylic acids is 1. The zero-order valence-electron chi connectivity index (χ0n) is 16.4. The molecule has 0 aliphatic carbocycles. The van der Waals surface area contributed by atoms with Crippen molar-refractivity contribution in [1.29, 1.82) is 0 Å². The lowest BCUT2D eigenvalue weighted by Gasteiger charge is -2.22. The molecule has 1 heterocycles. The lowest BCUT2D eigenvalue weighted by atomic mass is 10.0. The van der Waals surface area contributed by atoms with E-state index in [-0.39, 0.29) is 23.7 Å². The summed E-state index contributed by atoms with van der Waals surface area (Å²) in [4.78, 5) is 39.1. The van der Waals surface area contributed by atoms with Crippen molar-refractivity contribution in [3.05, 3.63) is 33.4 Å². The number of benzene rings is 1. The van der Waals surface area contributed by atoms with Crippen molar-refractivity contribution in [2.75, 3.05) is 6.61 Å². The molecule has 0 bridgehead atoms. The molecule has 1 aromatic heterocycles. The molecule has 8 nitrogen and oxygen atoms in total. The lowest BCUT2D eigenvalue weighted by molar-refractivity contribution is -0.139. The van der Waals surface area contributed by atoms with Gasteiger partial charge in [0.15, 0.2) is 0 Å². The number of ether oxygens (including phenoxy) is 2. The molecule has 1 aromatic carbocycles. The lowest BCUT2D eigenvalue weighted by Crippen LogP contribution is -2.44. The van der Waals surface area contributed by atoms with Gasteiger partial charge in [-0.05, 0) is 45.4 Å². The topological polar surface area (TPSA) is 118 Å². The molecule has 0 radical (unpaired) electrons. The molecule has 2 rings (SSSR count). The minimum absolute atomic E-state index is 0.0447. The van der Waals surface area contributed by atoms with Gasteiger partial charge in [0.1, 0.15) is 17.3 Å². The van der Waals surface area contributed by atoms with E-state index < -0.39 is 29.7 Å². The van der Waals surface area contributed by atoms with E-state index in [1.807, 2.05) is 0 Å². The number of aliphatic carboxylic acids is 1. The molecular formula is C19H22Cl2N2O6. The third-order valence-electron chi connectivity index (χ3n) is 3.80. The Morgan fingerprint density at radius 3 is 2.45 bits per heavy atom. The molecule has 1 amide bonds. The summed E-state index contributed by atoms with van der Waals surface area (Å²) in [5.41, 5.74) is -0.0156. The van der Waals surface area contributed by atoms with Gasteiger partial charge in [0, 0.05) is 22.3 Å². The average Bonchev–Trinajstić information content (AvgIpc) is 2.91. The minimum atomic E-state index is -1.37. The Balaban J connectivity index is 2.48. The van der Waals surface area contributed by atoms with E-state index in [1.165, 1.54) is 6.07 Å². The van der Waals surface area contributed by atoms with Crippen LogP contribution in [0.15, 0.2) is 12.1 Å². The minimum Gasteiger partial charge on any atom is -0.480 e. The maximum Gasteiger partial charge on any atom is 0.408 e. The number of esters is 1. The molecule has 29 heavy (non-hydrogen) atoms. The van der Waals surface area contributed by atoms with Crippen LogP contribution < -0.4 is 5.32 Å². The van der Waals surface area contributed by atoms with Gasteiger partial charge in [-0.25, -0.2) is 14.4 Å². The monoisotopic (exact) mass is 444 g/mol. The first-order valence-electron chi connectivity index (χ1n) is 8.82. The number of hydrogen-bond donors (Lipinski definition) is 3. The molecule has 0 spiro atoms. The number of halogens is 2. The van der Waals surface area contributed by atoms with Crippen LogP contribution in [0.1, 0.15) is 43.7 Å². The van der Waals surface area contributed by atoms with Crippen molar-refractivity contribution in [2.45, 2.75) is 45.8 Å². The third kappa shape index (κ3) is 5.77. The van der Waals surface area contributed by atoms with Crippen molar-refractivity contribution in [1.82, 2.24) is 10.3 Å². The predicted octanol–water partition coefficient (Wildman–Crippen LogP) is 4.17. The van der Waals surface area contributed by atoms with Crippen LogP contribution in [-0.4, -0.2) is 46.4 Å². The Morgan fingerprint density at radius 1 is 1.24 bits per heavy atom. The van der Waals surface area contributed by atoms with Gasteiger partial charge >= 0.3 is 18.0 Å². The van der Waals surface area contributed by atoms with Gasteiger partial charge in [-0.1, -0.05) is 23.2 Å². The number of carbonyl (C=O) groups excluding carboxylic acids is 2. The molecule has 0 aliphatic rings. The molecule has 3 N–H and O–H groups in total. The first-order chi connectivity index (χ1) is 13.4. The summed E-state index contributed by atoms with van der Waals surface area (Å²) in [6.45, 7) is 6.74. The highest BCUT2D eigenvalue weighted by Gasteiger charge is 2.29. The van der Waals surface area contributed by atoms with E-state index in [2.05, 4.69) is 10.3 Å². The number of hydrogen-bond acceptors (Lipinski definition) is 5. The molecule has 0 saturated carbocycles. The largest absolute Gasteiger partial charge is 0.480 e. The highest BCUT2D eigenvalue weighted by molar-refractivity contribution is 6.39. The number of nitrogens with one attached hydrogen (secondary N) is 2. The highest BCUT2D eigenvalue weighted by atomic mass is 35.5. The molecule has 0 saturated heterocycles. The number of H-pyrrole nitrogens is 1. The molecular weight excluding hydrogens is 423 g/mol. The maximum absolute atomic E-state index is 12.4. The number of carboxylic acid groups (broad SMARTS) is 1. The quantitative estimate of drug-likeness (QED) is 0.575. The molecule has 1 atom stereocenters. The molecule has 10 heteroatoms. The molecule has 2 aromatic rings. The summed E-state index contributed by atoms with van der Waals surface area (Å²) >= 11 is 12.3.